The Kier molecular flexibility index (Phi) is 4.38. The van der Waals surface area contributed by atoms with Crippen LogP contribution in [0.15, 0.2) is 54.9 Å². The van der Waals surface area contributed by atoms with Crippen molar-refractivity contribution < 1.29 is 9.47 Å². The van der Waals surface area contributed by atoms with Crippen molar-refractivity contribution in [3.63, 3.8) is 0 Å². The summed E-state index contributed by atoms with van der Waals surface area (Å²) in [5.41, 5.74) is 5.20. The number of nitrogens with zero attached hydrogens (tertiary/aromatic N) is 6. The van der Waals surface area contributed by atoms with E-state index in [-0.39, 0.29) is 5.92 Å². The van der Waals surface area contributed by atoms with E-state index in [2.05, 4.69) is 15.1 Å². The molecule has 8 nitrogen and oxygen atoms in total. The largest absolute Gasteiger partial charge is 0.497 e. The molecule has 164 valence electrons. The Bertz CT molecular complexity index is 1520. The minimum Gasteiger partial charge on any atom is -0.497 e. The summed E-state index contributed by atoms with van der Waals surface area (Å²) in [5, 5.41) is 9.89. The molecule has 0 amide bonds. The van der Waals surface area contributed by atoms with Crippen LogP contribution < -0.4 is 9.47 Å². The summed E-state index contributed by atoms with van der Waals surface area (Å²) in [6.07, 6.45) is 1.62. The van der Waals surface area contributed by atoms with Crippen LogP contribution >= 0.6 is 11.6 Å². The highest BCUT2D eigenvalue weighted by Crippen LogP contribution is 2.49. The third-order valence-electron chi connectivity index (χ3n) is 5.83. The van der Waals surface area contributed by atoms with Crippen molar-refractivity contribution in [3.05, 3.63) is 88.1 Å². The van der Waals surface area contributed by atoms with Crippen molar-refractivity contribution in [3.8, 4) is 23.2 Å². The molecule has 33 heavy (non-hydrogen) atoms. The minimum absolute atomic E-state index is 0.206. The smallest absolute Gasteiger partial charge is 0.230 e. The number of hydrogen-bond acceptors (Lipinski definition) is 6. The maximum atomic E-state index is 6.38. The van der Waals surface area contributed by atoms with Crippen LogP contribution in [0, 0.1) is 13.8 Å². The van der Waals surface area contributed by atoms with E-state index in [9.17, 15) is 0 Å². The number of aryl methyl sites for hydroxylation is 2. The SMILES string of the molecule is COc1ccc([C@@H]2c3c(C)nn(-c4cccc(Cl)c4)c3Oc3ncn4nc(C)nc4c32)cc1. The standard InChI is InChI=1S/C24H19ClN6O2/c1-13-19-20(15-7-9-18(32-3)10-8-15)21-22-27-14(2)29-30(22)12-26-23(21)33-24(19)31(28-13)17-6-4-5-16(25)11-17/h4-12,20H,1-3H3/t20-/m1/s1. The molecule has 0 saturated heterocycles. The molecular formula is C24H19ClN6O2. The predicted octanol–water partition coefficient (Wildman–Crippen LogP) is 4.87. The number of hydrogen-bond donors (Lipinski definition) is 0. The van der Waals surface area contributed by atoms with E-state index in [0.717, 1.165) is 33.8 Å². The molecule has 0 fully saturated rings. The fraction of sp³-hybridized carbons (Fsp3) is 0.167. The number of aromatic nitrogens is 6. The summed E-state index contributed by atoms with van der Waals surface area (Å²) in [7, 11) is 1.66. The lowest BCUT2D eigenvalue weighted by atomic mass is 9.84. The van der Waals surface area contributed by atoms with E-state index in [1.165, 1.54) is 0 Å². The molecule has 1 aliphatic rings. The van der Waals surface area contributed by atoms with Crippen LogP contribution in [0.25, 0.3) is 11.3 Å². The van der Waals surface area contributed by atoms with Crippen LogP contribution in [-0.2, 0) is 0 Å². The molecule has 1 atom stereocenters. The summed E-state index contributed by atoms with van der Waals surface area (Å²) < 4.78 is 15.2. The van der Waals surface area contributed by atoms with Crippen molar-refractivity contribution in [2.75, 3.05) is 7.11 Å². The number of halogens is 1. The topological polar surface area (TPSA) is 79.4 Å². The molecule has 0 bridgehead atoms. The lowest BCUT2D eigenvalue weighted by molar-refractivity contribution is 0.402. The molecule has 9 heteroatoms. The van der Waals surface area contributed by atoms with Crippen LogP contribution in [-0.4, -0.2) is 36.5 Å². The van der Waals surface area contributed by atoms with Crippen LogP contribution in [0.1, 0.15) is 34.1 Å². The maximum Gasteiger partial charge on any atom is 0.230 e. The zero-order valence-corrected chi connectivity index (χ0v) is 18.9. The van der Waals surface area contributed by atoms with Gasteiger partial charge in [0.1, 0.15) is 17.9 Å². The summed E-state index contributed by atoms with van der Waals surface area (Å²) in [5.74, 6) is 2.33. The Morgan fingerprint density at radius 3 is 2.61 bits per heavy atom. The molecule has 6 rings (SSSR count). The van der Waals surface area contributed by atoms with Crippen LogP contribution in [0.4, 0.5) is 0 Å². The van der Waals surface area contributed by atoms with Gasteiger partial charge in [0.05, 0.1) is 35.5 Å². The van der Waals surface area contributed by atoms with Gasteiger partial charge in [0, 0.05) is 5.02 Å². The highest BCUT2D eigenvalue weighted by molar-refractivity contribution is 6.30. The molecule has 1 aliphatic heterocycles. The molecule has 3 aromatic heterocycles. The summed E-state index contributed by atoms with van der Waals surface area (Å²) >= 11 is 6.26. The van der Waals surface area contributed by atoms with Crippen LogP contribution in [0.2, 0.25) is 5.02 Å². The molecule has 0 N–H and O–H groups in total. The second-order valence-electron chi connectivity index (χ2n) is 7.89. The Balaban J connectivity index is 1.64. The first kappa shape index (κ1) is 19.8. The van der Waals surface area contributed by atoms with E-state index < -0.39 is 0 Å². The molecule has 0 unspecified atom stereocenters. The first-order valence-electron chi connectivity index (χ1n) is 10.4. The maximum absolute atomic E-state index is 6.38. The van der Waals surface area contributed by atoms with Gasteiger partial charge in [-0.25, -0.2) is 19.2 Å². The van der Waals surface area contributed by atoms with E-state index in [1.54, 1.807) is 22.6 Å². The van der Waals surface area contributed by atoms with Crippen molar-refractivity contribution in [2.24, 2.45) is 0 Å². The van der Waals surface area contributed by atoms with E-state index >= 15 is 0 Å². The van der Waals surface area contributed by atoms with Crippen LogP contribution in [0.3, 0.4) is 0 Å². The highest BCUT2D eigenvalue weighted by atomic mass is 35.5. The lowest BCUT2D eigenvalue weighted by Gasteiger charge is -2.26. The molecule has 0 aliphatic carbocycles. The molecular weight excluding hydrogens is 440 g/mol. The van der Waals surface area contributed by atoms with E-state index in [1.807, 2.05) is 62.4 Å². The van der Waals surface area contributed by atoms with Crippen molar-refractivity contribution >= 4 is 17.2 Å². The van der Waals surface area contributed by atoms with Gasteiger partial charge in [0.15, 0.2) is 5.65 Å². The van der Waals surface area contributed by atoms with Gasteiger partial charge in [-0.1, -0.05) is 29.8 Å². The normalized spacial score (nSPS) is 14.6. The number of methoxy groups -OCH3 is 1. The average molecular weight is 459 g/mol. The van der Waals surface area contributed by atoms with Gasteiger partial charge in [-0.15, -0.1) is 0 Å². The third-order valence-corrected chi connectivity index (χ3v) is 6.06. The van der Waals surface area contributed by atoms with Crippen molar-refractivity contribution in [2.45, 2.75) is 19.8 Å². The van der Waals surface area contributed by atoms with Crippen molar-refractivity contribution in [1.82, 2.24) is 29.4 Å². The number of rotatable bonds is 3. The molecule has 2 aromatic carbocycles. The van der Waals surface area contributed by atoms with Crippen LogP contribution in [0.5, 0.6) is 17.5 Å². The first-order chi connectivity index (χ1) is 16.0. The highest BCUT2D eigenvalue weighted by Gasteiger charge is 2.38. The number of fused-ring (bicyclic) bond motifs is 4. The minimum atomic E-state index is -0.206. The fourth-order valence-electron chi connectivity index (χ4n) is 4.40. The van der Waals surface area contributed by atoms with Gasteiger partial charge < -0.3 is 9.47 Å². The Morgan fingerprint density at radius 2 is 1.85 bits per heavy atom. The average Bonchev–Trinajstić information content (AvgIpc) is 3.37. The first-order valence-corrected chi connectivity index (χ1v) is 10.8. The number of ether oxygens (including phenoxy) is 2. The molecule has 4 heterocycles. The number of benzene rings is 2. The molecule has 0 radical (unpaired) electrons. The van der Waals surface area contributed by atoms with Crippen molar-refractivity contribution in [1.29, 1.82) is 0 Å². The van der Waals surface area contributed by atoms with Gasteiger partial charge >= 0.3 is 0 Å². The van der Waals surface area contributed by atoms with Gasteiger partial charge in [-0.3, -0.25) is 0 Å². The fourth-order valence-corrected chi connectivity index (χ4v) is 4.58. The molecule has 5 aromatic rings. The van der Waals surface area contributed by atoms with Gasteiger partial charge in [-0.2, -0.15) is 10.2 Å². The predicted molar refractivity (Wildman–Crippen MR) is 123 cm³/mol. The third kappa shape index (κ3) is 3.06. The Hall–Kier alpha value is -3.91. The van der Waals surface area contributed by atoms with Gasteiger partial charge in [0.25, 0.3) is 0 Å². The van der Waals surface area contributed by atoms with E-state index in [0.29, 0.717) is 28.3 Å². The zero-order valence-electron chi connectivity index (χ0n) is 18.2. The Morgan fingerprint density at radius 1 is 1.03 bits per heavy atom. The summed E-state index contributed by atoms with van der Waals surface area (Å²) in [6.45, 7) is 3.84. The summed E-state index contributed by atoms with van der Waals surface area (Å²) in [4.78, 5) is 9.25. The summed E-state index contributed by atoms with van der Waals surface area (Å²) in [6, 6.07) is 15.5. The molecule has 0 saturated carbocycles. The molecule has 0 spiro atoms. The lowest BCUT2D eigenvalue weighted by Crippen LogP contribution is -2.16. The van der Waals surface area contributed by atoms with E-state index in [4.69, 9.17) is 26.2 Å². The second kappa shape index (κ2) is 7.31. The van der Waals surface area contributed by atoms with Gasteiger partial charge in [-0.05, 0) is 49.7 Å². The second-order valence-corrected chi connectivity index (χ2v) is 8.33. The van der Waals surface area contributed by atoms with Gasteiger partial charge in [0.2, 0.25) is 11.8 Å². The Labute approximate surface area is 194 Å². The quantitative estimate of drug-likeness (QED) is 0.376. The monoisotopic (exact) mass is 458 g/mol. The zero-order chi connectivity index (χ0) is 22.7.